The molecule has 0 atom stereocenters. The third-order valence-corrected chi connectivity index (χ3v) is 1.08. The molecule has 0 spiro atoms. The predicted octanol–water partition coefficient (Wildman–Crippen LogP) is 2.90. The Morgan fingerprint density at radius 2 is 1.33 bits per heavy atom. The van der Waals surface area contributed by atoms with Gasteiger partial charge >= 0.3 is 5.97 Å². The Bertz CT molecular complexity index is 226. The van der Waals surface area contributed by atoms with E-state index in [-0.39, 0.29) is 10.8 Å². The Hall–Kier alpha value is -1.12. The van der Waals surface area contributed by atoms with Gasteiger partial charge in [-0.05, 0) is 5.41 Å². The van der Waals surface area contributed by atoms with Gasteiger partial charge in [0.15, 0.2) is 0 Å². The van der Waals surface area contributed by atoms with Crippen LogP contribution in [0.2, 0.25) is 0 Å². The number of aliphatic carboxylic acids is 1. The monoisotopic (exact) mass is 214 g/mol. The van der Waals surface area contributed by atoms with Crippen LogP contribution in [0.1, 0.15) is 41.5 Å². The number of allylic oxidation sites excluding steroid dienone is 1. The molecule has 0 unspecified atom stereocenters. The molecule has 0 aliphatic heterocycles. The Labute approximate surface area is 92.2 Å². The molecule has 1 N–H and O–H groups in total. The van der Waals surface area contributed by atoms with E-state index in [1.165, 1.54) is 6.08 Å². The Kier molecular flexibility index (Phi) is 6.94. The third kappa shape index (κ3) is 24.6. The van der Waals surface area contributed by atoms with Gasteiger partial charge in [0, 0.05) is 11.5 Å². The highest BCUT2D eigenvalue weighted by atomic mass is 16.4. The van der Waals surface area contributed by atoms with Gasteiger partial charge in [-0.3, -0.25) is 0 Å². The molecule has 0 aromatic carbocycles. The molecule has 3 nitrogen and oxygen atoms in total. The largest absolute Gasteiger partial charge is 0.478 e. The summed E-state index contributed by atoms with van der Waals surface area (Å²) in [4.78, 5) is 19.8. The van der Waals surface area contributed by atoms with Gasteiger partial charge in [-0.15, -0.1) is 0 Å². The normalized spacial score (nSPS) is 11.9. The zero-order chi connectivity index (χ0) is 12.7. The number of aldehydes is 1. The zero-order valence-corrected chi connectivity index (χ0v) is 10.5. The molecule has 15 heavy (non-hydrogen) atoms. The SMILES string of the molecule is CC(C)(C)/C=C/C(=O)O.CC(C)(C)C=O. The van der Waals surface area contributed by atoms with Crippen molar-refractivity contribution in [3.05, 3.63) is 12.2 Å². The van der Waals surface area contributed by atoms with Gasteiger partial charge in [0.25, 0.3) is 0 Å². The van der Waals surface area contributed by atoms with Crippen molar-refractivity contribution in [3.63, 3.8) is 0 Å². The first-order valence-electron chi connectivity index (χ1n) is 4.86. The highest BCUT2D eigenvalue weighted by molar-refractivity contribution is 5.79. The van der Waals surface area contributed by atoms with Gasteiger partial charge in [-0.2, -0.15) is 0 Å². The van der Waals surface area contributed by atoms with Crippen LogP contribution in [0.25, 0.3) is 0 Å². The van der Waals surface area contributed by atoms with E-state index >= 15 is 0 Å². The lowest BCUT2D eigenvalue weighted by Crippen LogP contribution is -2.04. The van der Waals surface area contributed by atoms with Crippen LogP contribution in [0.4, 0.5) is 0 Å². The standard InChI is InChI=1S/C7H12O2.C5H10O/c1-7(2,3)5-4-6(8)9;1-5(2,3)4-6/h4-5H,1-3H3,(H,8,9);4H,1-3H3/b5-4+;. The second-order valence-corrected chi connectivity index (χ2v) is 5.52. The molecule has 0 saturated carbocycles. The minimum atomic E-state index is -0.884. The van der Waals surface area contributed by atoms with E-state index < -0.39 is 5.97 Å². The van der Waals surface area contributed by atoms with Crippen LogP contribution in [-0.4, -0.2) is 17.4 Å². The first-order valence-corrected chi connectivity index (χ1v) is 4.86. The molecule has 0 radical (unpaired) electrons. The molecule has 0 fully saturated rings. The third-order valence-electron chi connectivity index (χ3n) is 1.08. The van der Waals surface area contributed by atoms with E-state index in [0.29, 0.717) is 0 Å². The topological polar surface area (TPSA) is 54.4 Å². The number of hydrogen-bond acceptors (Lipinski definition) is 2. The van der Waals surface area contributed by atoms with Crippen molar-refractivity contribution in [2.24, 2.45) is 10.8 Å². The van der Waals surface area contributed by atoms with Gasteiger partial charge in [0.1, 0.15) is 6.29 Å². The molecule has 0 aromatic rings. The summed E-state index contributed by atoms with van der Waals surface area (Å²) >= 11 is 0. The molecule has 0 aliphatic carbocycles. The van der Waals surface area contributed by atoms with E-state index in [1.807, 2.05) is 41.5 Å². The van der Waals surface area contributed by atoms with Crippen LogP contribution in [-0.2, 0) is 9.59 Å². The van der Waals surface area contributed by atoms with Crippen molar-refractivity contribution in [2.75, 3.05) is 0 Å². The maximum atomic E-state index is 9.96. The second kappa shape index (κ2) is 6.38. The van der Waals surface area contributed by atoms with Crippen LogP contribution in [0, 0.1) is 10.8 Å². The number of carboxylic acids is 1. The van der Waals surface area contributed by atoms with Crippen molar-refractivity contribution in [1.29, 1.82) is 0 Å². The zero-order valence-electron chi connectivity index (χ0n) is 10.5. The highest BCUT2D eigenvalue weighted by Gasteiger charge is 2.04. The van der Waals surface area contributed by atoms with Crippen molar-refractivity contribution < 1.29 is 14.7 Å². The smallest absolute Gasteiger partial charge is 0.327 e. The van der Waals surface area contributed by atoms with Gasteiger partial charge in [0.05, 0.1) is 0 Å². The Morgan fingerprint density at radius 1 is 1.00 bits per heavy atom. The van der Waals surface area contributed by atoms with E-state index in [1.54, 1.807) is 6.08 Å². The first kappa shape index (κ1) is 16.3. The quantitative estimate of drug-likeness (QED) is 0.539. The minimum Gasteiger partial charge on any atom is -0.478 e. The number of rotatable bonds is 1. The second-order valence-electron chi connectivity index (χ2n) is 5.52. The number of carbonyl (C=O) groups excluding carboxylic acids is 1. The number of carboxylic acid groups (broad SMARTS) is 1. The summed E-state index contributed by atoms with van der Waals surface area (Å²) in [6, 6.07) is 0. The van der Waals surface area contributed by atoms with Gasteiger partial charge in [-0.25, -0.2) is 4.79 Å². The van der Waals surface area contributed by atoms with Crippen LogP contribution in [0.15, 0.2) is 12.2 Å². The van der Waals surface area contributed by atoms with Crippen LogP contribution in [0.5, 0.6) is 0 Å². The lowest BCUT2D eigenvalue weighted by atomic mass is 9.96. The molecule has 0 aromatic heterocycles. The van der Waals surface area contributed by atoms with Gasteiger partial charge < -0.3 is 9.90 Å². The molecule has 0 aliphatic rings. The predicted molar refractivity (Wildman–Crippen MR) is 61.7 cm³/mol. The van der Waals surface area contributed by atoms with Gasteiger partial charge in [-0.1, -0.05) is 47.6 Å². The summed E-state index contributed by atoms with van der Waals surface area (Å²) in [5, 5.41) is 8.19. The van der Waals surface area contributed by atoms with Crippen LogP contribution >= 0.6 is 0 Å². The summed E-state index contributed by atoms with van der Waals surface area (Å²) in [5.74, 6) is -0.884. The Balaban J connectivity index is 0. The molecule has 3 heteroatoms. The molecule has 0 rings (SSSR count). The average Bonchev–Trinajstić information content (AvgIpc) is 2.00. The van der Waals surface area contributed by atoms with Crippen LogP contribution in [0.3, 0.4) is 0 Å². The summed E-state index contributed by atoms with van der Waals surface area (Å²) in [6.07, 6.45) is 3.77. The van der Waals surface area contributed by atoms with Crippen molar-refractivity contribution in [3.8, 4) is 0 Å². The molecular formula is C12H22O3. The van der Waals surface area contributed by atoms with E-state index in [0.717, 1.165) is 6.29 Å². The first-order chi connectivity index (χ1) is 6.48. The number of hydrogen-bond donors (Lipinski definition) is 1. The lowest BCUT2D eigenvalue weighted by Gasteiger charge is -2.09. The van der Waals surface area contributed by atoms with Gasteiger partial charge in [0.2, 0.25) is 0 Å². The van der Waals surface area contributed by atoms with Crippen molar-refractivity contribution >= 4 is 12.3 Å². The van der Waals surface area contributed by atoms with E-state index in [4.69, 9.17) is 5.11 Å². The molecule has 0 heterocycles. The van der Waals surface area contributed by atoms with E-state index in [2.05, 4.69) is 0 Å². The summed E-state index contributed by atoms with van der Waals surface area (Å²) in [5.41, 5.74) is -0.168. The maximum Gasteiger partial charge on any atom is 0.327 e. The molecule has 88 valence electrons. The lowest BCUT2D eigenvalue weighted by molar-refractivity contribution is -0.131. The molecule has 0 saturated heterocycles. The molecule has 0 amide bonds. The summed E-state index contributed by atoms with van der Waals surface area (Å²) in [7, 11) is 0. The van der Waals surface area contributed by atoms with Crippen LogP contribution < -0.4 is 0 Å². The number of carbonyl (C=O) groups is 2. The fourth-order valence-corrected chi connectivity index (χ4v) is 0.321. The fourth-order valence-electron chi connectivity index (χ4n) is 0.321. The maximum absolute atomic E-state index is 9.96. The highest BCUT2D eigenvalue weighted by Crippen LogP contribution is 2.13. The fraction of sp³-hybridized carbons (Fsp3) is 0.667. The van der Waals surface area contributed by atoms with Crippen molar-refractivity contribution in [2.45, 2.75) is 41.5 Å². The molecule has 0 bridgehead atoms. The van der Waals surface area contributed by atoms with E-state index in [9.17, 15) is 9.59 Å². The summed E-state index contributed by atoms with van der Waals surface area (Å²) in [6.45, 7) is 11.5. The summed E-state index contributed by atoms with van der Waals surface area (Å²) < 4.78 is 0. The molecular weight excluding hydrogens is 192 g/mol. The minimum absolute atomic E-state index is 0.0294. The van der Waals surface area contributed by atoms with Crippen molar-refractivity contribution in [1.82, 2.24) is 0 Å². The average molecular weight is 214 g/mol. The Morgan fingerprint density at radius 3 is 1.40 bits per heavy atom.